The molecule has 2 rings (SSSR count). The number of rotatable bonds is 12. The van der Waals surface area contributed by atoms with Crippen LogP contribution in [0.3, 0.4) is 0 Å². The zero-order valence-corrected chi connectivity index (χ0v) is 15.7. The van der Waals surface area contributed by atoms with Crippen LogP contribution in [0.2, 0.25) is 0 Å². The van der Waals surface area contributed by atoms with Crippen LogP contribution in [0.5, 0.6) is 0 Å². The summed E-state index contributed by atoms with van der Waals surface area (Å²) in [7, 11) is 0. The molecule has 0 aliphatic heterocycles. The molecule has 0 heterocycles. The van der Waals surface area contributed by atoms with E-state index in [1.165, 1.54) is 0 Å². The van der Waals surface area contributed by atoms with Gasteiger partial charge in [0.25, 0.3) is 0 Å². The normalized spacial score (nSPS) is 11.6. The highest BCUT2D eigenvalue weighted by atomic mass is 16.5. The first-order valence-electron chi connectivity index (χ1n) is 9.11. The number of carbonyl (C=O) groups excluding carboxylic acids is 2. The smallest absolute Gasteiger partial charge is 0.408 e. The van der Waals surface area contributed by atoms with Gasteiger partial charge in [0, 0.05) is 13.2 Å². The van der Waals surface area contributed by atoms with Crippen molar-refractivity contribution >= 4 is 12.0 Å². The zero-order chi connectivity index (χ0) is 20.0. The van der Waals surface area contributed by atoms with E-state index in [-0.39, 0.29) is 13.2 Å². The van der Waals surface area contributed by atoms with Crippen molar-refractivity contribution in [2.75, 3.05) is 19.8 Å². The fourth-order valence-electron chi connectivity index (χ4n) is 2.33. The van der Waals surface area contributed by atoms with Crippen LogP contribution in [0.1, 0.15) is 17.5 Å². The second-order valence-corrected chi connectivity index (χ2v) is 6.13. The van der Waals surface area contributed by atoms with E-state index >= 15 is 0 Å². The molecule has 0 saturated heterocycles. The molecule has 0 bridgehead atoms. The van der Waals surface area contributed by atoms with Crippen LogP contribution in [-0.2, 0) is 32.2 Å². The van der Waals surface area contributed by atoms with Gasteiger partial charge in [0.1, 0.15) is 12.6 Å². The van der Waals surface area contributed by atoms with E-state index in [0.29, 0.717) is 26.2 Å². The molecule has 2 aromatic carbocycles. The van der Waals surface area contributed by atoms with Crippen LogP contribution < -0.4 is 11.1 Å². The molecule has 2 amide bonds. The van der Waals surface area contributed by atoms with Crippen LogP contribution in [-0.4, -0.2) is 37.9 Å². The number of amides is 2. The zero-order valence-electron chi connectivity index (χ0n) is 15.7. The van der Waals surface area contributed by atoms with Crippen molar-refractivity contribution in [1.29, 1.82) is 0 Å². The van der Waals surface area contributed by atoms with Crippen LogP contribution in [0.15, 0.2) is 60.7 Å². The summed E-state index contributed by atoms with van der Waals surface area (Å²) in [5.74, 6) is -0.683. The molecule has 0 radical (unpaired) electrons. The predicted molar refractivity (Wildman–Crippen MR) is 104 cm³/mol. The maximum absolute atomic E-state index is 11.8. The number of hydrogen-bond donors (Lipinski definition) is 2. The molecule has 0 unspecified atom stereocenters. The number of nitrogens with two attached hydrogens (primary N) is 1. The first-order valence-corrected chi connectivity index (χ1v) is 9.11. The van der Waals surface area contributed by atoms with Crippen molar-refractivity contribution in [3.8, 4) is 0 Å². The van der Waals surface area contributed by atoms with Crippen LogP contribution in [0, 0.1) is 0 Å². The van der Waals surface area contributed by atoms with Gasteiger partial charge in [-0.15, -0.1) is 0 Å². The van der Waals surface area contributed by atoms with Gasteiger partial charge in [-0.25, -0.2) is 4.79 Å². The Morgan fingerprint density at radius 3 is 2.04 bits per heavy atom. The maximum Gasteiger partial charge on any atom is 0.408 e. The summed E-state index contributed by atoms with van der Waals surface area (Å²) in [5, 5.41) is 2.42. The second kappa shape index (κ2) is 12.5. The molecule has 7 heteroatoms. The lowest BCUT2D eigenvalue weighted by Crippen LogP contribution is -2.47. The summed E-state index contributed by atoms with van der Waals surface area (Å²) in [6.45, 7) is 1.55. The van der Waals surface area contributed by atoms with Gasteiger partial charge in [-0.2, -0.15) is 0 Å². The maximum atomic E-state index is 11.8. The molecule has 0 aliphatic carbocycles. The van der Waals surface area contributed by atoms with E-state index in [4.69, 9.17) is 19.9 Å². The van der Waals surface area contributed by atoms with Gasteiger partial charge in [-0.1, -0.05) is 60.7 Å². The number of benzene rings is 2. The number of hydrogen-bond acceptors (Lipinski definition) is 5. The lowest BCUT2D eigenvalue weighted by molar-refractivity contribution is -0.121. The summed E-state index contributed by atoms with van der Waals surface area (Å²) in [4.78, 5) is 23.3. The molecular formula is C21H26N2O5. The topological polar surface area (TPSA) is 99.9 Å². The van der Waals surface area contributed by atoms with Gasteiger partial charge >= 0.3 is 6.09 Å². The van der Waals surface area contributed by atoms with Gasteiger partial charge in [-0.3, -0.25) is 4.79 Å². The van der Waals surface area contributed by atoms with Crippen molar-refractivity contribution in [2.45, 2.75) is 25.7 Å². The molecule has 0 fully saturated rings. The van der Waals surface area contributed by atoms with Crippen LogP contribution in [0.4, 0.5) is 4.79 Å². The summed E-state index contributed by atoms with van der Waals surface area (Å²) in [6.07, 6.45) is -0.0565. The van der Waals surface area contributed by atoms with Gasteiger partial charge in [0.2, 0.25) is 5.91 Å². The molecule has 7 nitrogen and oxygen atoms in total. The molecule has 28 heavy (non-hydrogen) atoms. The van der Waals surface area contributed by atoms with Crippen LogP contribution in [0.25, 0.3) is 0 Å². The van der Waals surface area contributed by atoms with E-state index in [1.807, 2.05) is 60.7 Å². The number of carbonyl (C=O) groups is 2. The van der Waals surface area contributed by atoms with Crippen molar-refractivity contribution in [3.63, 3.8) is 0 Å². The average Bonchev–Trinajstić information content (AvgIpc) is 2.72. The number of alkyl carbamates (subject to hydrolysis) is 1. The molecule has 0 aliphatic rings. The van der Waals surface area contributed by atoms with Gasteiger partial charge in [0.05, 0.1) is 13.2 Å². The molecule has 1 atom stereocenters. The van der Waals surface area contributed by atoms with E-state index < -0.39 is 18.0 Å². The van der Waals surface area contributed by atoms with Gasteiger partial charge in [-0.05, 0) is 17.5 Å². The summed E-state index contributed by atoms with van der Waals surface area (Å²) in [5.41, 5.74) is 7.26. The third-order valence-corrected chi connectivity index (χ3v) is 3.82. The lowest BCUT2D eigenvalue weighted by Gasteiger charge is -2.15. The molecule has 2 aromatic rings. The molecule has 0 aromatic heterocycles. The number of nitrogens with one attached hydrogen (secondary N) is 1. The quantitative estimate of drug-likeness (QED) is 0.546. The van der Waals surface area contributed by atoms with Crippen molar-refractivity contribution in [1.82, 2.24) is 5.32 Å². The minimum absolute atomic E-state index is 0.0194. The monoisotopic (exact) mass is 386 g/mol. The Bertz CT molecular complexity index is 709. The Kier molecular flexibility index (Phi) is 9.54. The molecule has 3 N–H and O–H groups in total. The Morgan fingerprint density at radius 1 is 0.857 bits per heavy atom. The predicted octanol–water partition coefficient (Wildman–Crippen LogP) is 2.39. The molecule has 150 valence electrons. The number of primary amides is 1. The van der Waals surface area contributed by atoms with E-state index in [9.17, 15) is 9.59 Å². The first kappa shape index (κ1) is 21.4. The molecule has 0 spiro atoms. The Hall–Kier alpha value is -2.90. The minimum atomic E-state index is -0.950. The fourth-order valence-corrected chi connectivity index (χ4v) is 2.33. The number of ether oxygens (including phenoxy) is 3. The van der Waals surface area contributed by atoms with E-state index in [0.717, 1.165) is 11.1 Å². The summed E-state index contributed by atoms with van der Waals surface area (Å²) in [6, 6.07) is 18.2. The summed E-state index contributed by atoms with van der Waals surface area (Å²) >= 11 is 0. The largest absolute Gasteiger partial charge is 0.445 e. The van der Waals surface area contributed by atoms with E-state index in [1.54, 1.807) is 0 Å². The Balaban J connectivity index is 1.57. The molecular weight excluding hydrogens is 360 g/mol. The lowest BCUT2D eigenvalue weighted by atomic mass is 10.2. The highest BCUT2D eigenvalue weighted by Gasteiger charge is 2.19. The Morgan fingerprint density at radius 2 is 1.43 bits per heavy atom. The highest BCUT2D eigenvalue weighted by Crippen LogP contribution is 2.02. The van der Waals surface area contributed by atoms with Crippen molar-refractivity contribution in [3.05, 3.63) is 71.8 Å². The first-order chi connectivity index (χ1) is 13.6. The fraction of sp³-hybridized carbons (Fsp3) is 0.333. The second-order valence-electron chi connectivity index (χ2n) is 6.13. The third kappa shape index (κ3) is 8.66. The standard InChI is InChI=1S/C21H26N2O5/c22-20(24)19(23-21(25)28-15-18-10-5-2-6-11-18)16-27-13-7-12-26-14-17-8-3-1-4-9-17/h1-6,8-11,19H,7,12-16H2,(H2,22,24)(H,23,25)/t19-/m0/s1. The van der Waals surface area contributed by atoms with Crippen molar-refractivity contribution < 1.29 is 23.8 Å². The van der Waals surface area contributed by atoms with Crippen molar-refractivity contribution in [2.24, 2.45) is 5.73 Å². The van der Waals surface area contributed by atoms with Crippen LogP contribution >= 0.6 is 0 Å². The minimum Gasteiger partial charge on any atom is -0.445 e. The molecule has 0 saturated carbocycles. The SMILES string of the molecule is NC(=O)[C@H](COCCCOCc1ccccc1)NC(=O)OCc1ccccc1. The Labute approximate surface area is 164 Å². The highest BCUT2D eigenvalue weighted by molar-refractivity contribution is 5.84. The van der Waals surface area contributed by atoms with E-state index in [2.05, 4.69) is 5.32 Å². The average molecular weight is 386 g/mol. The third-order valence-electron chi connectivity index (χ3n) is 3.82. The van der Waals surface area contributed by atoms with Gasteiger partial charge < -0.3 is 25.3 Å². The van der Waals surface area contributed by atoms with Gasteiger partial charge in [0.15, 0.2) is 0 Å². The summed E-state index contributed by atoms with van der Waals surface area (Å²) < 4.78 is 16.1.